The number of hydrogen-bond donors (Lipinski definition) is 0. The molecule has 0 bridgehead atoms. The molecule has 5 nitrogen and oxygen atoms in total. The van der Waals surface area contributed by atoms with E-state index in [9.17, 15) is 10.1 Å². The lowest BCUT2D eigenvalue weighted by Crippen LogP contribution is -2.15. The number of halogens is 1. The lowest BCUT2D eigenvalue weighted by molar-refractivity contribution is -0.385. The molecule has 0 spiro atoms. The van der Waals surface area contributed by atoms with E-state index in [4.69, 9.17) is 11.6 Å². The van der Waals surface area contributed by atoms with Crippen LogP contribution in [0, 0.1) is 16.0 Å². The van der Waals surface area contributed by atoms with Gasteiger partial charge in [-0.15, -0.1) is 0 Å². The Morgan fingerprint density at radius 1 is 1.44 bits per heavy atom. The molecular formula is C12H20ClN3O2. The van der Waals surface area contributed by atoms with Crippen LogP contribution < -0.4 is 0 Å². The van der Waals surface area contributed by atoms with E-state index in [1.165, 1.54) is 0 Å². The van der Waals surface area contributed by atoms with Crippen molar-refractivity contribution in [2.75, 3.05) is 0 Å². The Labute approximate surface area is 112 Å². The van der Waals surface area contributed by atoms with Crippen LogP contribution in [0.2, 0.25) is 5.15 Å². The molecule has 102 valence electrons. The normalized spacial score (nSPS) is 12.2. The van der Waals surface area contributed by atoms with Crippen LogP contribution in [0.3, 0.4) is 0 Å². The van der Waals surface area contributed by atoms with Gasteiger partial charge in [0.1, 0.15) is 5.69 Å². The van der Waals surface area contributed by atoms with Gasteiger partial charge < -0.3 is 0 Å². The minimum absolute atomic E-state index is 0.0621. The summed E-state index contributed by atoms with van der Waals surface area (Å²) in [5, 5.41) is 15.6. The van der Waals surface area contributed by atoms with Crippen molar-refractivity contribution in [3.8, 4) is 0 Å². The lowest BCUT2D eigenvalue weighted by atomic mass is 9.91. The molecule has 1 aromatic rings. The quantitative estimate of drug-likeness (QED) is 0.619. The molecule has 0 aliphatic rings. The fraction of sp³-hybridized carbons (Fsp3) is 0.750. The van der Waals surface area contributed by atoms with Crippen molar-refractivity contribution in [1.82, 2.24) is 9.78 Å². The third-order valence-electron chi connectivity index (χ3n) is 2.68. The summed E-state index contributed by atoms with van der Waals surface area (Å²) in [4.78, 5) is 10.7. The third kappa shape index (κ3) is 3.22. The van der Waals surface area contributed by atoms with Gasteiger partial charge in [-0.05, 0) is 12.3 Å². The highest BCUT2D eigenvalue weighted by atomic mass is 35.5. The Morgan fingerprint density at radius 3 is 2.33 bits per heavy atom. The molecule has 0 atom stereocenters. The van der Waals surface area contributed by atoms with E-state index >= 15 is 0 Å². The molecule has 0 unspecified atom stereocenters. The summed E-state index contributed by atoms with van der Waals surface area (Å²) < 4.78 is 1.54. The topological polar surface area (TPSA) is 61.0 Å². The van der Waals surface area contributed by atoms with Crippen LogP contribution in [-0.2, 0) is 12.0 Å². The predicted molar refractivity (Wildman–Crippen MR) is 72.0 cm³/mol. The molecule has 0 N–H and O–H groups in total. The van der Waals surface area contributed by atoms with Crippen LogP contribution in [0.1, 0.15) is 46.7 Å². The Kier molecular flexibility index (Phi) is 4.37. The Balaban J connectivity index is 3.20. The summed E-state index contributed by atoms with van der Waals surface area (Å²) >= 11 is 6.07. The minimum atomic E-state index is -0.443. The second-order valence-corrected chi connectivity index (χ2v) is 6.26. The maximum Gasteiger partial charge on any atom is 0.329 e. The zero-order chi connectivity index (χ0) is 14.1. The predicted octanol–water partition coefficient (Wildman–Crippen LogP) is 3.79. The molecule has 0 amide bonds. The molecule has 0 radical (unpaired) electrons. The highest BCUT2D eigenvalue weighted by Gasteiger charge is 2.33. The third-order valence-corrected chi connectivity index (χ3v) is 3.05. The second-order valence-electron chi connectivity index (χ2n) is 5.90. The molecule has 18 heavy (non-hydrogen) atoms. The highest BCUT2D eigenvalue weighted by Crippen LogP contribution is 2.36. The van der Waals surface area contributed by atoms with Gasteiger partial charge in [-0.2, -0.15) is 5.10 Å². The van der Waals surface area contributed by atoms with Gasteiger partial charge in [0, 0.05) is 12.0 Å². The number of nitro groups is 1. The van der Waals surface area contributed by atoms with Crippen LogP contribution in [0.25, 0.3) is 0 Å². The monoisotopic (exact) mass is 273 g/mol. The zero-order valence-electron chi connectivity index (χ0n) is 11.5. The van der Waals surface area contributed by atoms with Crippen molar-refractivity contribution < 1.29 is 4.92 Å². The molecule has 0 saturated carbocycles. The Bertz CT molecular complexity index is 447. The molecule has 1 heterocycles. The van der Waals surface area contributed by atoms with Crippen LogP contribution in [-0.4, -0.2) is 14.7 Å². The van der Waals surface area contributed by atoms with Gasteiger partial charge in [-0.3, -0.25) is 10.1 Å². The summed E-state index contributed by atoms with van der Waals surface area (Å²) in [6, 6.07) is 0. The maximum absolute atomic E-state index is 11.1. The van der Waals surface area contributed by atoms with Crippen LogP contribution in [0.4, 0.5) is 5.69 Å². The van der Waals surface area contributed by atoms with Gasteiger partial charge in [0.2, 0.25) is 5.15 Å². The average molecular weight is 274 g/mol. The van der Waals surface area contributed by atoms with Gasteiger partial charge in [0.05, 0.1) is 4.92 Å². The molecule has 6 heteroatoms. The zero-order valence-corrected chi connectivity index (χ0v) is 12.3. The lowest BCUT2D eigenvalue weighted by Gasteiger charge is -2.13. The van der Waals surface area contributed by atoms with Gasteiger partial charge in [-0.1, -0.05) is 46.2 Å². The molecule has 0 aromatic carbocycles. The fourth-order valence-corrected chi connectivity index (χ4v) is 1.91. The van der Waals surface area contributed by atoms with E-state index in [0.29, 0.717) is 18.2 Å². The molecule has 0 saturated heterocycles. The van der Waals surface area contributed by atoms with Crippen molar-refractivity contribution in [3.05, 3.63) is 21.0 Å². The van der Waals surface area contributed by atoms with Gasteiger partial charge in [0.25, 0.3) is 0 Å². The van der Waals surface area contributed by atoms with Gasteiger partial charge in [-0.25, -0.2) is 4.68 Å². The van der Waals surface area contributed by atoms with Crippen molar-refractivity contribution >= 4 is 17.3 Å². The SMILES string of the molecule is CC(C)CCn1nc(C(C)(C)C)c([N+](=O)[O-])c1Cl. The second kappa shape index (κ2) is 5.26. The maximum atomic E-state index is 11.1. The first-order chi connectivity index (χ1) is 8.14. The summed E-state index contributed by atoms with van der Waals surface area (Å²) in [6.07, 6.45) is 0.891. The number of aromatic nitrogens is 2. The van der Waals surface area contributed by atoms with E-state index in [0.717, 1.165) is 6.42 Å². The van der Waals surface area contributed by atoms with E-state index in [1.807, 2.05) is 20.8 Å². The van der Waals surface area contributed by atoms with Crippen molar-refractivity contribution in [3.63, 3.8) is 0 Å². The fourth-order valence-electron chi connectivity index (χ4n) is 1.63. The Morgan fingerprint density at radius 2 is 2.00 bits per heavy atom. The van der Waals surface area contributed by atoms with Crippen LogP contribution in [0.15, 0.2) is 0 Å². The van der Waals surface area contributed by atoms with E-state index in [-0.39, 0.29) is 10.8 Å². The number of hydrogen-bond acceptors (Lipinski definition) is 3. The standard InChI is InChI=1S/C12H20ClN3O2/c1-8(2)6-7-15-11(13)9(16(17)18)10(14-15)12(3,4)5/h8H,6-7H2,1-5H3. The smallest absolute Gasteiger partial charge is 0.258 e. The summed E-state index contributed by atoms with van der Waals surface area (Å²) in [7, 11) is 0. The van der Waals surface area contributed by atoms with Gasteiger partial charge in [0.15, 0.2) is 0 Å². The van der Waals surface area contributed by atoms with Crippen molar-refractivity contribution in [2.45, 2.75) is 53.0 Å². The molecule has 0 aliphatic carbocycles. The number of nitrogens with zero attached hydrogens (tertiary/aromatic N) is 3. The molecule has 0 fully saturated rings. The largest absolute Gasteiger partial charge is 0.329 e. The summed E-state index contributed by atoms with van der Waals surface area (Å²) in [5.74, 6) is 0.502. The van der Waals surface area contributed by atoms with Crippen molar-refractivity contribution in [2.24, 2.45) is 5.92 Å². The first kappa shape index (κ1) is 15.0. The van der Waals surface area contributed by atoms with Gasteiger partial charge >= 0.3 is 5.69 Å². The van der Waals surface area contributed by atoms with E-state index < -0.39 is 10.3 Å². The van der Waals surface area contributed by atoms with E-state index in [2.05, 4.69) is 18.9 Å². The molecule has 1 aromatic heterocycles. The van der Waals surface area contributed by atoms with E-state index in [1.54, 1.807) is 4.68 Å². The van der Waals surface area contributed by atoms with Crippen molar-refractivity contribution in [1.29, 1.82) is 0 Å². The number of aryl methyl sites for hydroxylation is 1. The summed E-state index contributed by atoms with van der Waals surface area (Å²) in [5.41, 5.74) is -0.0102. The highest BCUT2D eigenvalue weighted by molar-refractivity contribution is 6.31. The Hall–Kier alpha value is -1.10. The van der Waals surface area contributed by atoms with Crippen LogP contribution >= 0.6 is 11.6 Å². The average Bonchev–Trinajstić information content (AvgIpc) is 2.52. The number of rotatable bonds is 4. The molecule has 1 rings (SSSR count). The van der Waals surface area contributed by atoms with Crippen LogP contribution in [0.5, 0.6) is 0 Å². The molecule has 0 aliphatic heterocycles. The first-order valence-electron chi connectivity index (χ1n) is 6.05. The minimum Gasteiger partial charge on any atom is -0.258 e. The summed E-state index contributed by atoms with van der Waals surface area (Å²) in [6.45, 7) is 10.5. The molecular weight excluding hydrogens is 254 g/mol. The first-order valence-corrected chi connectivity index (χ1v) is 6.43.